The van der Waals surface area contributed by atoms with Crippen LogP contribution in [0.4, 0.5) is 0 Å². The van der Waals surface area contributed by atoms with Crippen LogP contribution in [-0.2, 0) is 24.8 Å². The van der Waals surface area contributed by atoms with Gasteiger partial charge in [0.1, 0.15) is 0 Å². The fourth-order valence-corrected chi connectivity index (χ4v) is 4.96. The molecule has 1 atom stereocenters. The van der Waals surface area contributed by atoms with E-state index in [9.17, 15) is 21.6 Å². The van der Waals surface area contributed by atoms with Crippen molar-refractivity contribution >= 4 is 26.0 Å². The van der Waals surface area contributed by atoms with Crippen molar-refractivity contribution in [3.05, 3.63) is 24.3 Å². The Labute approximate surface area is 149 Å². The van der Waals surface area contributed by atoms with Gasteiger partial charge in [0.05, 0.1) is 15.7 Å². The zero-order valence-electron chi connectivity index (χ0n) is 14.7. The zero-order chi connectivity index (χ0) is 19.4. The summed E-state index contributed by atoms with van der Waals surface area (Å²) in [5.74, 6) is -1.95. The SMILES string of the molecule is CCN(CC)S(=O)(=O)c1ccc(S(=O)(=O)N(C)CC(C)C(=O)O)cc1. The molecule has 0 aliphatic heterocycles. The van der Waals surface area contributed by atoms with Crippen LogP contribution >= 0.6 is 0 Å². The largest absolute Gasteiger partial charge is 0.481 e. The highest BCUT2D eigenvalue weighted by molar-refractivity contribution is 7.89. The summed E-state index contributed by atoms with van der Waals surface area (Å²) in [5.41, 5.74) is 0. The molecule has 1 N–H and O–H groups in total. The Bertz CT molecular complexity index is 799. The molecule has 0 bridgehead atoms. The molecule has 0 aliphatic rings. The number of rotatable bonds is 9. The summed E-state index contributed by atoms with van der Waals surface area (Å²) in [6.45, 7) is 5.30. The average molecular weight is 392 g/mol. The molecule has 0 aliphatic carbocycles. The maximum absolute atomic E-state index is 12.5. The third-order valence-electron chi connectivity index (χ3n) is 3.83. The predicted molar refractivity (Wildman–Crippen MR) is 93.2 cm³/mol. The fraction of sp³-hybridized carbons (Fsp3) is 0.533. The predicted octanol–water partition coefficient (Wildman–Crippen LogP) is 1.06. The van der Waals surface area contributed by atoms with Crippen molar-refractivity contribution in [2.45, 2.75) is 30.6 Å². The summed E-state index contributed by atoms with van der Waals surface area (Å²) < 4.78 is 52.0. The molecule has 0 heterocycles. The summed E-state index contributed by atoms with van der Waals surface area (Å²) in [7, 11) is -6.28. The number of nitrogens with zero attached hydrogens (tertiary/aromatic N) is 2. The first kappa shape index (κ1) is 21.6. The Morgan fingerprint density at radius 3 is 1.76 bits per heavy atom. The van der Waals surface area contributed by atoms with E-state index in [0.29, 0.717) is 13.1 Å². The second-order valence-electron chi connectivity index (χ2n) is 5.59. The number of hydrogen-bond acceptors (Lipinski definition) is 5. The van der Waals surface area contributed by atoms with Gasteiger partial charge in [0, 0.05) is 26.7 Å². The summed E-state index contributed by atoms with van der Waals surface area (Å²) in [6, 6.07) is 4.92. The molecule has 1 rings (SSSR count). The number of carbonyl (C=O) groups is 1. The fourth-order valence-electron chi connectivity index (χ4n) is 2.24. The van der Waals surface area contributed by atoms with E-state index in [0.717, 1.165) is 4.31 Å². The monoisotopic (exact) mass is 392 g/mol. The van der Waals surface area contributed by atoms with Gasteiger partial charge in [-0.25, -0.2) is 21.1 Å². The molecule has 1 unspecified atom stereocenters. The second kappa shape index (κ2) is 8.26. The Kier molecular flexibility index (Phi) is 7.12. The van der Waals surface area contributed by atoms with E-state index in [4.69, 9.17) is 5.11 Å². The molecular formula is C15H24N2O6S2. The Morgan fingerprint density at radius 1 is 1.00 bits per heavy atom. The lowest BCUT2D eigenvalue weighted by Gasteiger charge is -2.20. The van der Waals surface area contributed by atoms with Gasteiger partial charge >= 0.3 is 5.97 Å². The minimum absolute atomic E-state index is 0.0108. The van der Waals surface area contributed by atoms with Crippen LogP contribution in [-0.4, -0.2) is 63.2 Å². The van der Waals surface area contributed by atoms with Crippen molar-refractivity contribution < 1.29 is 26.7 Å². The zero-order valence-corrected chi connectivity index (χ0v) is 16.3. The summed E-state index contributed by atoms with van der Waals surface area (Å²) in [6.07, 6.45) is 0. The van der Waals surface area contributed by atoms with Crippen molar-refractivity contribution in [2.75, 3.05) is 26.7 Å². The number of sulfonamides is 2. The lowest BCUT2D eigenvalue weighted by Crippen LogP contribution is -2.34. The highest BCUT2D eigenvalue weighted by Gasteiger charge is 2.26. The third-order valence-corrected chi connectivity index (χ3v) is 7.73. The Morgan fingerprint density at radius 2 is 1.40 bits per heavy atom. The maximum Gasteiger partial charge on any atom is 0.307 e. The Hall–Kier alpha value is -1.49. The molecule has 0 spiro atoms. The summed E-state index contributed by atoms with van der Waals surface area (Å²) >= 11 is 0. The lowest BCUT2D eigenvalue weighted by atomic mass is 10.2. The van der Waals surface area contributed by atoms with Crippen LogP contribution in [0.3, 0.4) is 0 Å². The van der Waals surface area contributed by atoms with E-state index in [1.54, 1.807) is 13.8 Å². The van der Waals surface area contributed by atoms with Crippen LogP contribution in [0.1, 0.15) is 20.8 Å². The van der Waals surface area contributed by atoms with E-state index in [-0.39, 0.29) is 16.3 Å². The van der Waals surface area contributed by atoms with E-state index < -0.39 is 31.9 Å². The smallest absolute Gasteiger partial charge is 0.307 e. The minimum Gasteiger partial charge on any atom is -0.481 e. The van der Waals surface area contributed by atoms with Crippen molar-refractivity contribution in [3.8, 4) is 0 Å². The van der Waals surface area contributed by atoms with Crippen molar-refractivity contribution in [1.82, 2.24) is 8.61 Å². The van der Waals surface area contributed by atoms with Gasteiger partial charge in [0.25, 0.3) is 0 Å². The molecule has 25 heavy (non-hydrogen) atoms. The molecule has 0 aromatic heterocycles. The summed E-state index contributed by atoms with van der Waals surface area (Å²) in [5, 5.41) is 8.90. The minimum atomic E-state index is -3.90. The standard InChI is InChI=1S/C15H24N2O6S2/c1-5-17(6-2)25(22,23)14-9-7-13(8-10-14)24(20,21)16(4)11-12(3)15(18)19/h7-10,12H,5-6,11H2,1-4H3,(H,18,19). The van der Waals surface area contributed by atoms with E-state index >= 15 is 0 Å². The number of hydrogen-bond donors (Lipinski definition) is 1. The molecule has 0 fully saturated rings. The van der Waals surface area contributed by atoms with Crippen LogP contribution in [0.15, 0.2) is 34.1 Å². The molecule has 0 amide bonds. The van der Waals surface area contributed by atoms with E-state index in [1.165, 1.54) is 42.5 Å². The second-order valence-corrected chi connectivity index (χ2v) is 9.57. The molecule has 0 saturated carbocycles. The maximum atomic E-state index is 12.5. The molecule has 8 nitrogen and oxygen atoms in total. The number of benzene rings is 1. The quantitative estimate of drug-likeness (QED) is 0.672. The third kappa shape index (κ3) is 4.78. The number of carboxylic acid groups (broad SMARTS) is 1. The molecule has 1 aromatic rings. The van der Waals surface area contributed by atoms with Crippen molar-refractivity contribution in [1.29, 1.82) is 0 Å². The molecule has 10 heteroatoms. The lowest BCUT2D eigenvalue weighted by molar-refractivity contribution is -0.141. The van der Waals surface area contributed by atoms with Gasteiger partial charge in [0.15, 0.2) is 0 Å². The van der Waals surface area contributed by atoms with Gasteiger partial charge in [0.2, 0.25) is 20.0 Å². The first-order valence-electron chi connectivity index (χ1n) is 7.77. The molecular weight excluding hydrogens is 368 g/mol. The van der Waals surface area contributed by atoms with Crippen LogP contribution in [0.25, 0.3) is 0 Å². The van der Waals surface area contributed by atoms with Gasteiger partial charge < -0.3 is 5.11 Å². The van der Waals surface area contributed by atoms with Crippen LogP contribution in [0.2, 0.25) is 0 Å². The topological polar surface area (TPSA) is 112 Å². The van der Waals surface area contributed by atoms with E-state index in [2.05, 4.69) is 0 Å². The highest BCUT2D eigenvalue weighted by Crippen LogP contribution is 2.20. The van der Waals surface area contributed by atoms with Gasteiger partial charge in [-0.1, -0.05) is 20.8 Å². The van der Waals surface area contributed by atoms with Gasteiger partial charge in [-0.15, -0.1) is 0 Å². The molecule has 142 valence electrons. The van der Waals surface area contributed by atoms with Gasteiger partial charge in [-0.05, 0) is 24.3 Å². The average Bonchev–Trinajstić information content (AvgIpc) is 2.55. The number of aliphatic carboxylic acids is 1. The van der Waals surface area contributed by atoms with Crippen molar-refractivity contribution in [3.63, 3.8) is 0 Å². The highest BCUT2D eigenvalue weighted by atomic mass is 32.2. The normalized spacial score (nSPS) is 14.0. The molecule has 1 aromatic carbocycles. The van der Waals surface area contributed by atoms with E-state index in [1.807, 2.05) is 0 Å². The first-order valence-corrected chi connectivity index (χ1v) is 10.7. The van der Waals surface area contributed by atoms with Gasteiger partial charge in [-0.3, -0.25) is 4.79 Å². The van der Waals surface area contributed by atoms with Gasteiger partial charge in [-0.2, -0.15) is 4.31 Å². The Balaban J connectivity index is 3.11. The van der Waals surface area contributed by atoms with Crippen LogP contribution < -0.4 is 0 Å². The van der Waals surface area contributed by atoms with Crippen molar-refractivity contribution in [2.24, 2.45) is 5.92 Å². The summed E-state index contributed by atoms with van der Waals surface area (Å²) in [4.78, 5) is 10.8. The van der Waals surface area contributed by atoms with Crippen LogP contribution in [0, 0.1) is 5.92 Å². The number of carboxylic acids is 1. The molecule has 0 saturated heterocycles. The first-order chi connectivity index (χ1) is 11.5. The van der Waals surface area contributed by atoms with Crippen LogP contribution in [0.5, 0.6) is 0 Å². The molecule has 0 radical (unpaired) electrons.